The third-order valence-electron chi connectivity index (χ3n) is 3.38. The minimum absolute atomic E-state index is 0.0116. The molecular weight excluding hydrogens is 255 g/mol. The Hall–Kier alpha value is -1.13. The van der Waals surface area contributed by atoms with Crippen molar-refractivity contribution in [2.45, 2.75) is 37.6 Å². The first kappa shape index (κ1) is 13.3. The summed E-state index contributed by atoms with van der Waals surface area (Å²) in [6.07, 6.45) is 4.43. The molecule has 0 heterocycles. The van der Waals surface area contributed by atoms with E-state index in [4.69, 9.17) is 17.3 Å². The lowest BCUT2D eigenvalue weighted by Crippen LogP contribution is -2.52. The summed E-state index contributed by atoms with van der Waals surface area (Å²) in [6.45, 7) is 0. The Balaban J connectivity index is 2.08. The van der Waals surface area contributed by atoms with Crippen molar-refractivity contribution in [2.75, 3.05) is 5.32 Å². The molecule has 0 unspecified atom stereocenters. The van der Waals surface area contributed by atoms with Crippen molar-refractivity contribution in [3.05, 3.63) is 29.0 Å². The Kier molecular flexibility index (Phi) is 3.88. The molecule has 1 aliphatic rings. The highest BCUT2D eigenvalue weighted by Crippen LogP contribution is 2.28. The molecule has 1 aliphatic carbocycles. The van der Waals surface area contributed by atoms with Gasteiger partial charge in [-0.3, -0.25) is 4.79 Å². The molecule has 5 heteroatoms. The number of hydrogen-bond acceptors (Lipinski definition) is 2. The summed E-state index contributed by atoms with van der Waals surface area (Å²) in [6, 6.07) is 4.09. The van der Waals surface area contributed by atoms with Crippen LogP contribution in [0.3, 0.4) is 0 Å². The molecule has 1 fully saturated rings. The number of anilines is 1. The lowest BCUT2D eigenvalue weighted by atomic mass is 9.82. The van der Waals surface area contributed by atoms with Crippen LogP contribution in [-0.4, -0.2) is 11.4 Å². The molecule has 18 heavy (non-hydrogen) atoms. The Morgan fingerprint density at radius 1 is 1.33 bits per heavy atom. The molecule has 0 aromatic heterocycles. The van der Waals surface area contributed by atoms with Gasteiger partial charge in [0.25, 0.3) is 0 Å². The van der Waals surface area contributed by atoms with E-state index in [1.807, 2.05) is 0 Å². The molecule has 1 aromatic rings. The topological polar surface area (TPSA) is 55.1 Å². The van der Waals surface area contributed by atoms with E-state index < -0.39 is 11.4 Å². The van der Waals surface area contributed by atoms with E-state index in [9.17, 15) is 9.18 Å². The van der Waals surface area contributed by atoms with Gasteiger partial charge in [-0.25, -0.2) is 4.39 Å². The van der Waals surface area contributed by atoms with Crippen molar-refractivity contribution in [3.8, 4) is 0 Å². The second-order valence-electron chi connectivity index (χ2n) is 4.80. The quantitative estimate of drug-likeness (QED) is 0.868. The van der Waals surface area contributed by atoms with Gasteiger partial charge in [-0.2, -0.15) is 0 Å². The van der Waals surface area contributed by atoms with Gasteiger partial charge in [0.2, 0.25) is 5.91 Å². The zero-order valence-electron chi connectivity index (χ0n) is 10.0. The number of amides is 1. The summed E-state index contributed by atoms with van der Waals surface area (Å²) in [5.41, 5.74) is 5.77. The van der Waals surface area contributed by atoms with Crippen LogP contribution in [-0.2, 0) is 4.79 Å². The van der Waals surface area contributed by atoms with Crippen LogP contribution in [0, 0.1) is 5.82 Å². The predicted molar refractivity (Wildman–Crippen MR) is 70.0 cm³/mol. The first-order valence-corrected chi connectivity index (χ1v) is 6.44. The van der Waals surface area contributed by atoms with E-state index in [2.05, 4.69) is 5.32 Å². The SMILES string of the molecule is NC1(C(=O)Nc2ccc(F)c(Cl)c2)CCCCC1. The lowest BCUT2D eigenvalue weighted by Gasteiger charge is -2.31. The fraction of sp³-hybridized carbons (Fsp3) is 0.462. The van der Waals surface area contributed by atoms with Gasteiger partial charge >= 0.3 is 0 Å². The minimum atomic E-state index is -0.806. The van der Waals surface area contributed by atoms with Crippen LogP contribution in [0.25, 0.3) is 0 Å². The van der Waals surface area contributed by atoms with Crippen LogP contribution in [0.2, 0.25) is 5.02 Å². The van der Waals surface area contributed by atoms with E-state index >= 15 is 0 Å². The molecule has 0 spiro atoms. The molecule has 0 saturated heterocycles. The Bertz CT molecular complexity index is 458. The van der Waals surface area contributed by atoms with Gasteiger partial charge < -0.3 is 11.1 Å². The fourth-order valence-electron chi connectivity index (χ4n) is 2.24. The summed E-state index contributed by atoms with van der Waals surface area (Å²) in [4.78, 5) is 12.1. The highest BCUT2D eigenvalue weighted by molar-refractivity contribution is 6.31. The van der Waals surface area contributed by atoms with Gasteiger partial charge in [0.15, 0.2) is 0 Å². The highest BCUT2D eigenvalue weighted by atomic mass is 35.5. The number of carbonyl (C=O) groups excluding carboxylic acids is 1. The standard InChI is InChI=1S/C13H16ClFN2O/c14-10-8-9(4-5-11(10)15)17-12(18)13(16)6-2-1-3-7-13/h4-5,8H,1-3,6-7,16H2,(H,17,18). The number of halogens is 2. The van der Waals surface area contributed by atoms with Crippen LogP contribution in [0.4, 0.5) is 10.1 Å². The maximum Gasteiger partial charge on any atom is 0.244 e. The molecule has 0 atom stereocenters. The van der Waals surface area contributed by atoms with Crippen LogP contribution in [0.15, 0.2) is 18.2 Å². The maximum absolute atomic E-state index is 13.0. The van der Waals surface area contributed by atoms with Crippen molar-refractivity contribution >= 4 is 23.2 Å². The van der Waals surface area contributed by atoms with Gasteiger partial charge in [-0.15, -0.1) is 0 Å². The molecule has 98 valence electrons. The number of carbonyl (C=O) groups is 1. The van der Waals surface area contributed by atoms with Crippen LogP contribution in [0.1, 0.15) is 32.1 Å². The average molecular weight is 271 g/mol. The molecule has 1 aromatic carbocycles. The number of hydrogen-bond donors (Lipinski definition) is 2. The summed E-state index contributed by atoms with van der Waals surface area (Å²) in [7, 11) is 0. The number of benzene rings is 1. The van der Waals surface area contributed by atoms with E-state index in [1.54, 1.807) is 0 Å². The highest BCUT2D eigenvalue weighted by Gasteiger charge is 2.35. The van der Waals surface area contributed by atoms with Crippen molar-refractivity contribution < 1.29 is 9.18 Å². The molecule has 0 bridgehead atoms. The summed E-state index contributed by atoms with van der Waals surface area (Å²) < 4.78 is 13.0. The van der Waals surface area contributed by atoms with E-state index in [1.165, 1.54) is 18.2 Å². The summed E-state index contributed by atoms with van der Waals surface area (Å²) in [5, 5.41) is 2.69. The van der Waals surface area contributed by atoms with Crippen LogP contribution < -0.4 is 11.1 Å². The Morgan fingerprint density at radius 3 is 2.61 bits per heavy atom. The van der Waals surface area contributed by atoms with Gasteiger partial charge in [-0.1, -0.05) is 30.9 Å². The maximum atomic E-state index is 13.0. The van der Waals surface area contributed by atoms with E-state index in [0.29, 0.717) is 18.5 Å². The van der Waals surface area contributed by atoms with Crippen molar-refractivity contribution in [1.82, 2.24) is 0 Å². The molecule has 0 radical (unpaired) electrons. The smallest absolute Gasteiger partial charge is 0.244 e. The first-order chi connectivity index (χ1) is 8.51. The number of nitrogens with two attached hydrogens (primary N) is 1. The number of nitrogens with one attached hydrogen (secondary N) is 1. The van der Waals surface area contributed by atoms with Gasteiger partial charge in [0.1, 0.15) is 5.82 Å². The van der Waals surface area contributed by atoms with Crippen LogP contribution >= 0.6 is 11.6 Å². The second kappa shape index (κ2) is 5.24. The summed E-state index contributed by atoms with van der Waals surface area (Å²) in [5.74, 6) is -0.723. The van der Waals surface area contributed by atoms with Crippen LogP contribution in [0.5, 0.6) is 0 Å². The largest absolute Gasteiger partial charge is 0.324 e. The molecule has 1 saturated carbocycles. The molecule has 3 N–H and O–H groups in total. The normalized spacial score (nSPS) is 18.4. The van der Waals surface area contributed by atoms with Gasteiger partial charge in [-0.05, 0) is 31.0 Å². The fourth-order valence-corrected chi connectivity index (χ4v) is 2.42. The van der Waals surface area contributed by atoms with Crippen molar-refractivity contribution in [3.63, 3.8) is 0 Å². The average Bonchev–Trinajstić information content (AvgIpc) is 2.35. The zero-order chi connectivity index (χ0) is 13.2. The molecule has 1 amide bonds. The lowest BCUT2D eigenvalue weighted by molar-refractivity contribution is -0.122. The Morgan fingerprint density at radius 2 is 2.00 bits per heavy atom. The third-order valence-corrected chi connectivity index (χ3v) is 3.67. The summed E-state index contributed by atoms with van der Waals surface area (Å²) >= 11 is 5.66. The molecule has 0 aliphatic heterocycles. The Labute approximate surface area is 111 Å². The van der Waals surface area contributed by atoms with Crippen molar-refractivity contribution in [2.24, 2.45) is 5.73 Å². The molecule has 3 nitrogen and oxygen atoms in total. The van der Waals surface area contributed by atoms with E-state index in [-0.39, 0.29) is 10.9 Å². The molecular formula is C13H16ClFN2O. The van der Waals surface area contributed by atoms with E-state index in [0.717, 1.165) is 19.3 Å². The minimum Gasteiger partial charge on any atom is -0.324 e. The zero-order valence-corrected chi connectivity index (χ0v) is 10.8. The third kappa shape index (κ3) is 2.82. The predicted octanol–water partition coefficient (Wildman–Crippen LogP) is 3.08. The van der Waals surface area contributed by atoms with Gasteiger partial charge in [0, 0.05) is 5.69 Å². The van der Waals surface area contributed by atoms with Crippen molar-refractivity contribution in [1.29, 1.82) is 0 Å². The monoisotopic (exact) mass is 270 g/mol. The first-order valence-electron chi connectivity index (χ1n) is 6.07. The second-order valence-corrected chi connectivity index (χ2v) is 5.21. The molecule has 2 rings (SSSR count). The number of rotatable bonds is 2. The van der Waals surface area contributed by atoms with Gasteiger partial charge in [0.05, 0.1) is 10.6 Å².